The van der Waals surface area contributed by atoms with E-state index in [1.54, 1.807) is 0 Å². The third-order valence-electron chi connectivity index (χ3n) is 3.39. The van der Waals surface area contributed by atoms with E-state index >= 15 is 0 Å². The molecule has 1 aromatic rings. The Bertz CT molecular complexity index is 473. The molecule has 0 aromatic heterocycles. The summed E-state index contributed by atoms with van der Waals surface area (Å²) in [5, 5.41) is 3.08. The van der Waals surface area contributed by atoms with Crippen LogP contribution in [0.25, 0.3) is 0 Å². The highest BCUT2D eigenvalue weighted by atomic mass is 16.1. The zero-order valence-corrected chi connectivity index (χ0v) is 10.9. The van der Waals surface area contributed by atoms with Crippen LogP contribution in [0.15, 0.2) is 54.1 Å². The van der Waals surface area contributed by atoms with Crippen molar-refractivity contribution in [3.8, 4) is 0 Å². The smallest absolute Gasteiger partial charge is 0.227 e. The first-order valence-electron chi connectivity index (χ1n) is 6.37. The van der Waals surface area contributed by atoms with Crippen molar-refractivity contribution in [3.63, 3.8) is 0 Å². The molecule has 1 amide bonds. The Morgan fingerprint density at radius 3 is 2.72 bits per heavy atom. The zero-order chi connectivity index (χ0) is 13.0. The predicted molar refractivity (Wildman–Crippen MR) is 74.0 cm³/mol. The Kier molecular flexibility index (Phi) is 3.98. The Morgan fingerprint density at radius 1 is 1.33 bits per heavy atom. The van der Waals surface area contributed by atoms with Crippen LogP contribution in [0.1, 0.15) is 31.9 Å². The molecular weight excluding hydrogens is 222 g/mol. The van der Waals surface area contributed by atoms with Crippen LogP contribution in [-0.2, 0) is 4.79 Å². The lowest BCUT2D eigenvalue weighted by molar-refractivity contribution is -0.124. The van der Waals surface area contributed by atoms with E-state index in [1.807, 2.05) is 62.4 Å². The largest absolute Gasteiger partial charge is 0.349 e. The summed E-state index contributed by atoms with van der Waals surface area (Å²) in [4.78, 5) is 12.2. The van der Waals surface area contributed by atoms with Gasteiger partial charge in [0.1, 0.15) is 0 Å². The highest BCUT2D eigenvalue weighted by molar-refractivity contribution is 5.82. The topological polar surface area (TPSA) is 29.1 Å². The lowest BCUT2D eigenvalue weighted by atomic mass is 9.91. The van der Waals surface area contributed by atoms with Crippen molar-refractivity contribution in [2.24, 2.45) is 5.92 Å². The summed E-state index contributed by atoms with van der Waals surface area (Å²) in [5.74, 6) is 0.102. The Labute approximate surface area is 108 Å². The van der Waals surface area contributed by atoms with E-state index in [4.69, 9.17) is 0 Å². The fraction of sp³-hybridized carbons (Fsp3) is 0.312. The molecule has 0 fully saturated rings. The molecule has 2 rings (SSSR count). The van der Waals surface area contributed by atoms with E-state index in [0.29, 0.717) is 0 Å². The summed E-state index contributed by atoms with van der Waals surface area (Å²) in [6.45, 7) is 4.03. The van der Waals surface area contributed by atoms with Crippen LogP contribution in [0.5, 0.6) is 0 Å². The summed E-state index contributed by atoms with van der Waals surface area (Å²) in [6.07, 6.45) is 6.88. The maximum absolute atomic E-state index is 12.2. The number of benzene rings is 1. The van der Waals surface area contributed by atoms with Crippen LogP contribution in [0, 0.1) is 5.92 Å². The van der Waals surface area contributed by atoms with Crippen LogP contribution in [0.3, 0.4) is 0 Å². The third-order valence-corrected chi connectivity index (χ3v) is 3.39. The van der Waals surface area contributed by atoms with Gasteiger partial charge in [0.25, 0.3) is 0 Å². The summed E-state index contributed by atoms with van der Waals surface area (Å²) in [7, 11) is 0. The van der Waals surface area contributed by atoms with Gasteiger partial charge in [-0.1, -0.05) is 54.1 Å². The molecule has 0 aliphatic heterocycles. The molecule has 0 saturated heterocycles. The Hall–Kier alpha value is -1.83. The number of hydrogen-bond acceptors (Lipinski definition) is 1. The lowest BCUT2D eigenvalue weighted by Gasteiger charge is -2.21. The van der Waals surface area contributed by atoms with E-state index < -0.39 is 0 Å². The molecule has 18 heavy (non-hydrogen) atoms. The predicted octanol–water partition coefficient (Wildman–Crippen LogP) is 3.39. The standard InChI is InChI=1S/C16H19NO/c1-12-8-6-7-11-15(12)16(18)17-13(2)14-9-4-3-5-10-14/h3-10,13,15H,11H2,1-2H3,(H,17,18). The first-order chi connectivity index (χ1) is 8.68. The van der Waals surface area contributed by atoms with Crippen molar-refractivity contribution >= 4 is 5.91 Å². The fourth-order valence-electron chi connectivity index (χ4n) is 2.19. The molecule has 0 spiro atoms. The first kappa shape index (κ1) is 12.6. The average Bonchev–Trinajstić information content (AvgIpc) is 2.40. The molecule has 0 radical (unpaired) electrons. The molecule has 1 aliphatic carbocycles. The summed E-state index contributed by atoms with van der Waals surface area (Å²) >= 11 is 0. The number of amides is 1. The van der Waals surface area contributed by atoms with Gasteiger partial charge in [-0.15, -0.1) is 0 Å². The van der Waals surface area contributed by atoms with Crippen molar-refractivity contribution in [1.82, 2.24) is 5.32 Å². The van der Waals surface area contributed by atoms with Gasteiger partial charge in [-0.05, 0) is 25.8 Å². The van der Waals surface area contributed by atoms with Crippen LogP contribution >= 0.6 is 0 Å². The lowest BCUT2D eigenvalue weighted by Crippen LogP contribution is -2.33. The number of allylic oxidation sites excluding steroid dienone is 3. The second-order valence-corrected chi connectivity index (χ2v) is 4.77. The van der Waals surface area contributed by atoms with E-state index in [1.165, 1.54) is 0 Å². The van der Waals surface area contributed by atoms with E-state index in [9.17, 15) is 4.79 Å². The Morgan fingerprint density at radius 2 is 2.06 bits per heavy atom. The van der Waals surface area contributed by atoms with Crippen LogP contribution in [-0.4, -0.2) is 5.91 Å². The highest BCUT2D eigenvalue weighted by Gasteiger charge is 2.21. The van der Waals surface area contributed by atoms with Gasteiger partial charge in [-0.2, -0.15) is 0 Å². The fourth-order valence-corrected chi connectivity index (χ4v) is 2.19. The Balaban J connectivity index is 2.00. The molecule has 2 atom stereocenters. The SMILES string of the molecule is CC1=CC=CCC1C(=O)NC(C)c1ccccc1. The van der Waals surface area contributed by atoms with Gasteiger partial charge in [0.05, 0.1) is 12.0 Å². The van der Waals surface area contributed by atoms with Crippen LogP contribution < -0.4 is 5.32 Å². The molecule has 2 unspecified atom stereocenters. The van der Waals surface area contributed by atoms with Gasteiger partial charge < -0.3 is 5.32 Å². The van der Waals surface area contributed by atoms with Gasteiger partial charge in [0.15, 0.2) is 0 Å². The van der Waals surface area contributed by atoms with Gasteiger partial charge in [0, 0.05) is 0 Å². The van der Waals surface area contributed by atoms with Gasteiger partial charge in [-0.25, -0.2) is 0 Å². The maximum Gasteiger partial charge on any atom is 0.227 e. The van der Waals surface area contributed by atoms with Crippen LogP contribution in [0.4, 0.5) is 0 Å². The molecule has 0 heterocycles. The minimum Gasteiger partial charge on any atom is -0.349 e. The number of rotatable bonds is 3. The van der Waals surface area contributed by atoms with Gasteiger partial charge in [-0.3, -0.25) is 4.79 Å². The second kappa shape index (κ2) is 5.67. The number of hydrogen-bond donors (Lipinski definition) is 1. The normalized spacial score (nSPS) is 20.1. The second-order valence-electron chi connectivity index (χ2n) is 4.77. The minimum absolute atomic E-state index is 0.0128. The molecule has 1 aromatic carbocycles. The summed E-state index contributed by atoms with van der Waals surface area (Å²) < 4.78 is 0. The summed E-state index contributed by atoms with van der Waals surface area (Å²) in [6, 6.07) is 10.1. The van der Waals surface area contributed by atoms with Crippen molar-refractivity contribution < 1.29 is 4.79 Å². The van der Waals surface area contributed by atoms with Crippen LogP contribution in [0.2, 0.25) is 0 Å². The molecule has 94 valence electrons. The third kappa shape index (κ3) is 2.89. The quantitative estimate of drug-likeness (QED) is 0.863. The van der Waals surface area contributed by atoms with Gasteiger partial charge >= 0.3 is 0 Å². The summed E-state index contributed by atoms with van der Waals surface area (Å²) in [5.41, 5.74) is 2.27. The van der Waals surface area contributed by atoms with E-state index in [-0.39, 0.29) is 17.9 Å². The monoisotopic (exact) mass is 241 g/mol. The zero-order valence-electron chi connectivity index (χ0n) is 10.9. The molecule has 2 nitrogen and oxygen atoms in total. The van der Waals surface area contributed by atoms with Crippen molar-refractivity contribution in [2.45, 2.75) is 26.3 Å². The van der Waals surface area contributed by atoms with Crippen molar-refractivity contribution in [1.29, 1.82) is 0 Å². The molecule has 1 N–H and O–H groups in total. The molecule has 1 aliphatic rings. The minimum atomic E-state index is -0.0128. The average molecular weight is 241 g/mol. The first-order valence-corrected chi connectivity index (χ1v) is 6.37. The van der Waals surface area contributed by atoms with Crippen molar-refractivity contribution in [3.05, 3.63) is 59.7 Å². The number of nitrogens with one attached hydrogen (secondary N) is 1. The van der Waals surface area contributed by atoms with Gasteiger partial charge in [0.2, 0.25) is 5.91 Å². The molecule has 2 heteroatoms. The molecule has 0 bridgehead atoms. The molecule has 0 saturated carbocycles. The maximum atomic E-state index is 12.2. The molecular formula is C16H19NO. The van der Waals surface area contributed by atoms with E-state index in [0.717, 1.165) is 17.6 Å². The van der Waals surface area contributed by atoms with E-state index in [2.05, 4.69) is 5.32 Å². The van der Waals surface area contributed by atoms with Crippen molar-refractivity contribution in [2.75, 3.05) is 0 Å². The highest BCUT2D eigenvalue weighted by Crippen LogP contribution is 2.21. The number of carbonyl (C=O) groups excluding carboxylic acids is 1. The number of carbonyl (C=O) groups is 1.